The molecule has 4 atom stereocenters. The summed E-state index contributed by atoms with van der Waals surface area (Å²) in [5.41, 5.74) is 11.4. The van der Waals surface area contributed by atoms with Crippen molar-refractivity contribution >= 4 is 22.5 Å². The summed E-state index contributed by atoms with van der Waals surface area (Å²) in [6.07, 6.45) is 6.85. The van der Waals surface area contributed by atoms with Crippen molar-refractivity contribution in [1.82, 2.24) is 5.53 Å². The van der Waals surface area contributed by atoms with Gasteiger partial charge in [0.15, 0.2) is 11.1 Å². The average Bonchev–Trinajstić information content (AvgIpc) is 3.25. The van der Waals surface area contributed by atoms with E-state index in [9.17, 15) is 9.74 Å². The maximum Gasteiger partial charge on any atom is 0.191 e. The molecule has 1 aromatic carbocycles. The van der Waals surface area contributed by atoms with E-state index < -0.39 is 11.1 Å². The van der Waals surface area contributed by atoms with Crippen molar-refractivity contribution in [2.24, 2.45) is 33.7 Å². The SMILES string of the molecule is CC(CCC(COS(=O)c1cc(N2CCCC2)ccc1N=[N])C(C)CC(C)(C)C)CC(C)(C)C. The molecule has 0 N–H and O–H groups in total. The van der Waals surface area contributed by atoms with Gasteiger partial charge in [-0.2, -0.15) is 0 Å². The molecule has 1 radical (unpaired) electrons. The predicted octanol–water partition coefficient (Wildman–Crippen LogP) is 7.75. The molecule has 0 aliphatic carbocycles. The lowest BCUT2D eigenvalue weighted by Gasteiger charge is -2.31. The van der Waals surface area contributed by atoms with Crippen LogP contribution in [0.15, 0.2) is 28.2 Å². The quantitative estimate of drug-likeness (QED) is 0.281. The fourth-order valence-electron chi connectivity index (χ4n) is 5.41. The second-order valence-corrected chi connectivity index (χ2v) is 14.1. The molecule has 193 valence electrons. The van der Waals surface area contributed by atoms with Crippen molar-refractivity contribution in [3.05, 3.63) is 18.2 Å². The van der Waals surface area contributed by atoms with Gasteiger partial charge < -0.3 is 4.90 Å². The van der Waals surface area contributed by atoms with Gasteiger partial charge in [0.05, 0.1) is 11.5 Å². The van der Waals surface area contributed by atoms with Crippen molar-refractivity contribution < 1.29 is 8.39 Å². The monoisotopic (exact) mass is 490 g/mol. The van der Waals surface area contributed by atoms with Crippen LogP contribution in [0.1, 0.15) is 93.9 Å². The van der Waals surface area contributed by atoms with Gasteiger partial charge in [0.25, 0.3) is 0 Å². The second kappa shape index (κ2) is 12.6. The summed E-state index contributed by atoms with van der Waals surface area (Å²) in [5.74, 6) is 1.45. The van der Waals surface area contributed by atoms with E-state index in [4.69, 9.17) is 4.18 Å². The molecule has 0 amide bonds. The smallest absolute Gasteiger partial charge is 0.191 e. The highest BCUT2D eigenvalue weighted by Crippen LogP contribution is 2.35. The normalized spacial score (nSPS) is 18.5. The summed E-state index contributed by atoms with van der Waals surface area (Å²) >= 11 is -1.68. The lowest BCUT2D eigenvalue weighted by Crippen LogP contribution is -2.24. The molecule has 1 aliphatic rings. The zero-order valence-corrected chi connectivity index (χ0v) is 23.7. The van der Waals surface area contributed by atoms with Crippen LogP contribution >= 0.6 is 0 Å². The van der Waals surface area contributed by atoms with Crippen molar-refractivity contribution in [2.75, 3.05) is 24.6 Å². The molecule has 1 saturated heterocycles. The first-order chi connectivity index (χ1) is 15.8. The van der Waals surface area contributed by atoms with Crippen LogP contribution in [0.4, 0.5) is 11.4 Å². The van der Waals surface area contributed by atoms with Gasteiger partial charge in [-0.3, -0.25) is 4.18 Å². The molecular weight excluding hydrogens is 442 g/mol. The number of rotatable bonds is 12. The van der Waals surface area contributed by atoms with Crippen LogP contribution in [0.2, 0.25) is 0 Å². The van der Waals surface area contributed by atoms with Gasteiger partial charge in [-0.05, 0) is 84.4 Å². The minimum absolute atomic E-state index is 0.237. The van der Waals surface area contributed by atoms with Crippen molar-refractivity contribution in [2.45, 2.75) is 98.8 Å². The second-order valence-electron chi connectivity index (χ2n) is 12.9. The molecule has 5 nitrogen and oxygen atoms in total. The summed E-state index contributed by atoms with van der Waals surface area (Å²) in [6.45, 7) is 20.8. The van der Waals surface area contributed by atoms with Crippen LogP contribution < -0.4 is 10.4 Å². The largest absolute Gasteiger partial charge is 0.371 e. The Labute approximate surface area is 211 Å². The predicted molar refractivity (Wildman–Crippen MR) is 144 cm³/mol. The first kappa shape index (κ1) is 29.0. The Morgan fingerprint density at radius 3 is 2.21 bits per heavy atom. The first-order valence-electron chi connectivity index (χ1n) is 13.1. The topological polar surface area (TPSA) is 64.2 Å². The van der Waals surface area contributed by atoms with E-state index in [1.807, 2.05) is 12.1 Å². The number of benzene rings is 1. The van der Waals surface area contributed by atoms with Gasteiger partial charge in [0.2, 0.25) is 0 Å². The van der Waals surface area contributed by atoms with Crippen molar-refractivity contribution in [1.29, 1.82) is 0 Å². The maximum atomic E-state index is 13.2. The molecule has 4 unspecified atom stereocenters. The zero-order valence-electron chi connectivity index (χ0n) is 22.9. The van der Waals surface area contributed by atoms with Crippen LogP contribution in [0.25, 0.3) is 0 Å². The van der Waals surface area contributed by atoms with Gasteiger partial charge in [-0.1, -0.05) is 61.8 Å². The number of nitrogens with zero attached hydrogens (tertiary/aromatic N) is 3. The van der Waals surface area contributed by atoms with E-state index in [2.05, 4.69) is 65.4 Å². The molecule has 34 heavy (non-hydrogen) atoms. The Morgan fingerprint density at radius 1 is 1.03 bits per heavy atom. The lowest BCUT2D eigenvalue weighted by atomic mass is 9.76. The molecule has 0 bridgehead atoms. The molecule has 1 aliphatic heterocycles. The molecule has 0 aromatic heterocycles. The fourth-order valence-corrected chi connectivity index (χ4v) is 6.34. The van der Waals surface area contributed by atoms with Gasteiger partial charge in [-0.25, -0.2) is 4.21 Å². The molecular formula is C28H48N3O2S. The molecule has 1 aromatic rings. The fraction of sp³-hybridized carbons (Fsp3) is 0.786. The van der Waals surface area contributed by atoms with Gasteiger partial charge in [0.1, 0.15) is 5.69 Å². The lowest BCUT2D eigenvalue weighted by molar-refractivity contribution is 0.156. The summed E-state index contributed by atoms with van der Waals surface area (Å²) in [4.78, 5) is 2.74. The Balaban J connectivity index is 2.10. The van der Waals surface area contributed by atoms with E-state index in [1.165, 1.54) is 19.3 Å². The van der Waals surface area contributed by atoms with Gasteiger partial charge in [-0.15, -0.1) is 5.11 Å². The first-order valence-corrected chi connectivity index (χ1v) is 14.2. The molecule has 0 spiro atoms. The van der Waals surface area contributed by atoms with Gasteiger partial charge >= 0.3 is 0 Å². The minimum Gasteiger partial charge on any atom is -0.371 e. The summed E-state index contributed by atoms with van der Waals surface area (Å²) in [5, 5.41) is 3.37. The molecule has 1 fully saturated rings. The molecule has 0 saturated carbocycles. The highest BCUT2D eigenvalue weighted by molar-refractivity contribution is 7.80. The van der Waals surface area contributed by atoms with Crippen molar-refractivity contribution in [3.63, 3.8) is 0 Å². The van der Waals surface area contributed by atoms with E-state index in [1.54, 1.807) is 6.07 Å². The number of hydrogen-bond donors (Lipinski definition) is 0. The molecule has 1 heterocycles. The number of anilines is 1. The summed E-state index contributed by atoms with van der Waals surface area (Å²) in [7, 11) is 0. The maximum absolute atomic E-state index is 13.2. The highest BCUT2D eigenvalue weighted by Gasteiger charge is 2.26. The van der Waals surface area contributed by atoms with E-state index in [0.29, 0.717) is 40.4 Å². The van der Waals surface area contributed by atoms with Crippen LogP contribution in [0.5, 0.6) is 0 Å². The Hall–Kier alpha value is -1.27. The van der Waals surface area contributed by atoms with E-state index in [-0.39, 0.29) is 5.41 Å². The van der Waals surface area contributed by atoms with E-state index in [0.717, 1.165) is 38.0 Å². The minimum atomic E-state index is -1.68. The Morgan fingerprint density at radius 2 is 1.65 bits per heavy atom. The summed E-state index contributed by atoms with van der Waals surface area (Å²) < 4.78 is 19.2. The highest BCUT2D eigenvalue weighted by atomic mass is 32.2. The Bertz CT molecular complexity index is 807. The Kier molecular flexibility index (Phi) is 10.7. The third-order valence-electron chi connectivity index (χ3n) is 6.82. The van der Waals surface area contributed by atoms with Crippen molar-refractivity contribution in [3.8, 4) is 0 Å². The van der Waals surface area contributed by atoms with Crippen LogP contribution in [0, 0.1) is 28.6 Å². The third kappa shape index (κ3) is 9.77. The van der Waals surface area contributed by atoms with Crippen LogP contribution in [-0.4, -0.2) is 23.9 Å². The number of hydrogen-bond acceptors (Lipinski definition) is 4. The third-order valence-corrected chi connectivity index (χ3v) is 7.86. The van der Waals surface area contributed by atoms with Crippen LogP contribution in [-0.2, 0) is 15.3 Å². The molecule has 2 rings (SSSR count). The molecule has 6 heteroatoms. The van der Waals surface area contributed by atoms with Gasteiger partial charge in [0, 0.05) is 18.8 Å². The van der Waals surface area contributed by atoms with Crippen LogP contribution in [0.3, 0.4) is 0 Å². The zero-order chi connectivity index (χ0) is 25.5. The summed E-state index contributed by atoms with van der Waals surface area (Å²) in [6, 6.07) is 5.54. The standard InChI is InChI=1S/C28H48N3O2S/c1-21(18-27(3,4)5)11-12-23(22(2)19-28(6,7)8)20-33-34(32)26-17-24(13-14-25(26)30-29)31-15-9-10-16-31/h13-14,17,21-23H,9-12,15-16,18-20H2,1-8H3. The average molecular weight is 491 g/mol. The van der Waals surface area contributed by atoms with E-state index >= 15 is 0 Å².